The van der Waals surface area contributed by atoms with E-state index in [1.165, 1.54) is 12.1 Å². The van der Waals surface area contributed by atoms with Gasteiger partial charge >= 0.3 is 0 Å². The van der Waals surface area contributed by atoms with Crippen LogP contribution in [0.15, 0.2) is 167 Å². The Labute approximate surface area is 346 Å². The van der Waals surface area contributed by atoms with Gasteiger partial charge in [-0.1, -0.05) is 121 Å². The lowest BCUT2D eigenvalue weighted by molar-refractivity contribution is -0.298. The van der Waals surface area contributed by atoms with Gasteiger partial charge in [0.2, 0.25) is 17.5 Å². The number of benzene rings is 6. The van der Waals surface area contributed by atoms with Crippen LogP contribution in [0.2, 0.25) is 0 Å². The number of phenolic OH excluding ortho intramolecular Hbond substituents is 1. The quantitative estimate of drug-likeness (QED) is 0.0875. The van der Waals surface area contributed by atoms with Crippen LogP contribution < -0.4 is 19.6 Å². The summed E-state index contributed by atoms with van der Waals surface area (Å²) in [5.74, 6) is 0.137. The molecule has 0 radical (unpaired) electrons. The molecule has 2 heterocycles. The van der Waals surface area contributed by atoms with Crippen LogP contribution in [0.1, 0.15) is 22.3 Å². The lowest BCUT2D eigenvalue weighted by atomic mass is 9.98. The highest BCUT2D eigenvalue weighted by atomic mass is 16.7. The Morgan fingerprint density at radius 3 is 1.62 bits per heavy atom. The first-order valence-electron chi connectivity index (χ1n) is 19.6. The molecule has 0 amide bonds. The van der Waals surface area contributed by atoms with E-state index in [4.69, 9.17) is 32.8 Å². The topological polar surface area (TPSA) is 146 Å². The molecule has 11 nitrogen and oxygen atoms in total. The van der Waals surface area contributed by atoms with Crippen molar-refractivity contribution in [1.29, 1.82) is 0 Å². The molecule has 3 N–H and O–H groups in total. The number of ether oxygens (including phenoxy) is 6. The van der Waals surface area contributed by atoms with Crippen LogP contribution in [-0.2, 0) is 40.6 Å². The van der Waals surface area contributed by atoms with Gasteiger partial charge < -0.3 is 48.2 Å². The molecule has 1 fully saturated rings. The second-order valence-corrected chi connectivity index (χ2v) is 14.3. The third-order valence-electron chi connectivity index (χ3n) is 10.1. The average Bonchev–Trinajstić information content (AvgIpc) is 3.29. The van der Waals surface area contributed by atoms with Gasteiger partial charge in [0.15, 0.2) is 5.76 Å². The third kappa shape index (κ3) is 9.52. The van der Waals surface area contributed by atoms with Gasteiger partial charge in [0, 0.05) is 17.7 Å². The van der Waals surface area contributed by atoms with Gasteiger partial charge in [0.1, 0.15) is 65.8 Å². The van der Waals surface area contributed by atoms with Crippen molar-refractivity contribution < 1.29 is 48.2 Å². The van der Waals surface area contributed by atoms with Gasteiger partial charge in [-0.15, -0.1) is 0 Å². The molecule has 0 saturated carbocycles. The van der Waals surface area contributed by atoms with E-state index in [9.17, 15) is 20.1 Å². The highest BCUT2D eigenvalue weighted by Crippen LogP contribution is 2.39. The molecular formula is C49H44O11. The zero-order valence-corrected chi connectivity index (χ0v) is 32.5. The van der Waals surface area contributed by atoms with Gasteiger partial charge in [-0.05, 0) is 46.5 Å². The minimum atomic E-state index is -1.46. The molecule has 8 rings (SSSR count). The van der Waals surface area contributed by atoms with E-state index in [1.807, 2.05) is 121 Å². The SMILES string of the molecule is O=c1c(O[C@@H]2O[C@H](CO)[C@@H](OCc3ccccc3)[C@H](O)[C@H]2OCc2ccccc2)c(-c2ccc(OCc3ccccc3)cc2)oc2cc(OCc3ccccc3)cc(O)c12. The molecule has 0 unspecified atom stereocenters. The van der Waals surface area contributed by atoms with Crippen molar-refractivity contribution in [2.24, 2.45) is 0 Å². The smallest absolute Gasteiger partial charge is 0.239 e. The van der Waals surface area contributed by atoms with Crippen molar-refractivity contribution in [3.8, 4) is 34.3 Å². The molecule has 11 heteroatoms. The summed E-state index contributed by atoms with van der Waals surface area (Å²) in [5.41, 5.74) is 3.33. The van der Waals surface area contributed by atoms with Crippen molar-refractivity contribution in [2.75, 3.05) is 6.61 Å². The van der Waals surface area contributed by atoms with Crippen LogP contribution in [0.25, 0.3) is 22.3 Å². The van der Waals surface area contributed by atoms with Crippen molar-refractivity contribution in [3.63, 3.8) is 0 Å². The predicted molar refractivity (Wildman–Crippen MR) is 224 cm³/mol. The number of fused-ring (bicyclic) bond motifs is 1. The second kappa shape index (κ2) is 19.1. The van der Waals surface area contributed by atoms with Gasteiger partial charge in [-0.3, -0.25) is 4.79 Å². The molecule has 0 spiro atoms. The number of rotatable bonds is 16. The van der Waals surface area contributed by atoms with Crippen LogP contribution in [0, 0.1) is 0 Å². The fourth-order valence-corrected chi connectivity index (χ4v) is 6.99. The fraction of sp³-hybridized carbons (Fsp3) is 0.204. The third-order valence-corrected chi connectivity index (χ3v) is 10.1. The summed E-state index contributed by atoms with van der Waals surface area (Å²) in [7, 11) is 0. The zero-order chi connectivity index (χ0) is 41.3. The Balaban J connectivity index is 1.15. The summed E-state index contributed by atoms with van der Waals surface area (Å²) in [4.78, 5) is 14.6. The highest BCUT2D eigenvalue weighted by Gasteiger charge is 2.48. The summed E-state index contributed by atoms with van der Waals surface area (Å²) >= 11 is 0. The number of phenols is 1. The molecule has 6 aromatic carbocycles. The Morgan fingerprint density at radius 1 is 0.583 bits per heavy atom. The van der Waals surface area contributed by atoms with E-state index < -0.39 is 48.5 Å². The van der Waals surface area contributed by atoms with Crippen molar-refractivity contribution in [3.05, 3.63) is 190 Å². The number of aliphatic hydroxyl groups excluding tert-OH is 2. The Bertz CT molecular complexity index is 2500. The molecule has 7 aromatic rings. The maximum Gasteiger partial charge on any atom is 0.239 e. The lowest BCUT2D eigenvalue weighted by Crippen LogP contribution is -2.61. The van der Waals surface area contributed by atoms with E-state index >= 15 is 0 Å². The maximum atomic E-state index is 14.6. The molecule has 0 bridgehead atoms. The molecule has 1 aliphatic heterocycles. The normalized spacial score (nSPS) is 18.9. The highest BCUT2D eigenvalue weighted by molar-refractivity contribution is 5.88. The van der Waals surface area contributed by atoms with Gasteiger partial charge in [0.05, 0.1) is 19.8 Å². The van der Waals surface area contributed by atoms with E-state index in [2.05, 4.69) is 0 Å². The summed E-state index contributed by atoms with van der Waals surface area (Å²) < 4.78 is 43.8. The number of aromatic hydroxyl groups is 1. The molecule has 5 atom stereocenters. The standard InChI is InChI=1S/C49H44O11/c50-27-41-46(56-30-34-17-9-3-10-18-34)44(53)48(57-31-35-19-11-4-12-20-35)49(59-41)60-47-43(52)42-39(51)25-38(55-29-33-15-7-2-8-16-33)26-40(42)58-45(47)36-21-23-37(24-22-36)54-28-32-13-5-1-6-14-32/h1-26,41,44,46,48-51,53H,27-31H2/t41-,44+,46-,48-,49+/m1/s1. The molecule has 306 valence electrons. The Hall–Kier alpha value is -6.47. The molecule has 60 heavy (non-hydrogen) atoms. The summed E-state index contributed by atoms with van der Waals surface area (Å²) in [6.07, 6.45) is -6.19. The average molecular weight is 809 g/mol. The number of hydrogen-bond donors (Lipinski definition) is 3. The molecular weight excluding hydrogens is 765 g/mol. The summed E-state index contributed by atoms with van der Waals surface area (Å²) in [6.45, 7) is 0.189. The number of hydrogen-bond acceptors (Lipinski definition) is 11. The van der Waals surface area contributed by atoms with E-state index in [-0.39, 0.29) is 48.0 Å². The molecule has 1 aromatic heterocycles. The fourth-order valence-electron chi connectivity index (χ4n) is 6.99. The minimum absolute atomic E-state index is 0.00428. The molecule has 1 aliphatic rings. The van der Waals surface area contributed by atoms with Crippen LogP contribution in [0.3, 0.4) is 0 Å². The Kier molecular flexibility index (Phi) is 12.8. The molecule has 1 saturated heterocycles. The second-order valence-electron chi connectivity index (χ2n) is 14.3. The summed E-state index contributed by atoms with van der Waals surface area (Å²) in [6, 6.07) is 47.8. The van der Waals surface area contributed by atoms with E-state index in [1.54, 1.807) is 24.3 Å². The van der Waals surface area contributed by atoms with Crippen molar-refractivity contribution in [1.82, 2.24) is 0 Å². The Morgan fingerprint density at radius 2 is 1.08 bits per heavy atom. The van der Waals surface area contributed by atoms with Crippen LogP contribution in [-0.4, -0.2) is 52.6 Å². The van der Waals surface area contributed by atoms with Gasteiger partial charge in [-0.2, -0.15) is 0 Å². The van der Waals surface area contributed by atoms with Crippen LogP contribution >= 0.6 is 0 Å². The largest absolute Gasteiger partial charge is 0.507 e. The van der Waals surface area contributed by atoms with E-state index in [0.29, 0.717) is 17.9 Å². The zero-order valence-electron chi connectivity index (χ0n) is 32.5. The van der Waals surface area contributed by atoms with Crippen molar-refractivity contribution >= 4 is 11.0 Å². The lowest BCUT2D eigenvalue weighted by Gasteiger charge is -2.43. The summed E-state index contributed by atoms with van der Waals surface area (Å²) in [5, 5.41) is 33.7. The maximum absolute atomic E-state index is 14.6. The van der Waals surface area contributed by atoms with Gasteiger partial charge in [-0.25, -0.2) is 0 Å². The van der Waals surface area contributed by atoms with Crippen LogP contribution in [0.5, 0.6) is 23.0 Å². The predicted octanol–water partition coefficient (Wildman–Crippen LogP) is 7.95. The number of aliphatic hydroxyl groups is 2. The monoisotopic (exact) mass is 808 g/mol. The first kappa shape index (κ1) is 40.3. The first-order chi connectivity index (χ1) is 29.4. The van der Waals surface area contributed by atoms with Crippen LogP contribution in [0.4, 0.5) is 0 Å². The van der Waals surface area contributed by atoms with Crippen molar-refractivity contribution in [2.45, 2.75) is 57.1 Å². The van der Waals surface area contributed by atoms with Gasteiger partial charge in [0.25, 0.3) is 0 Å². The van der Waals surface area contributed by atoms with E-state index in [0.717, 1.165) is 22.3 Å². The first-order valence-corrected chi connectivity index (χ1v) is 19.6. The molecule has 0 aliphatic carbocycles. The minimum Gasteiger partial charge on any atom is -0.507 e.